The maximum atomic E-state index is 5.05. The van der Waals surface area contributed by atoms with Crippen molar-refractivity contribution < 1.29 is 4.42 Å². The first-order chi connectivity index (χ1) is 10.1. The molecule has 0 atom stereocenters. The summed E-state index contributed by atoms with van der Waals surface area (Å²) in [6, 6.07) is 1.92. The number of nitrogens with zero attached hydrogens (tertiary/aromatic N) is 3. The Morgan fingerprint density at radius 1 is 1.36 bits per heavy atom. The topological polar surface area (TPSA) is 67.4 Å². The first kappa shape index (κ1) is 18.5. The summed E-state index contributed by atoms with van der Waals surface area (Å²) in [5.41, 5.74) is 4.49. The summed E-state index contributed by atoms with van der Waals surface area (Å²) in [4.78, 5) is 4.54. The van der Waals surface area contributed by atoms with Gasteiger partial charge < -0.3 is 15.1 Å². The lowest BCUT2D eigenvalue weighted by molar-refractivity contribution is 0.564. The van der Waals surface area contributed by atoms with Gasteiger partial charge in [0, 0.05) is 37.0 Å². The van der Waals surface area contributed by atoms with Gasteiger partial charge in [0.05, 0.1) is 24.8 Å². The van der Waals surface area contributed by atoms with Crippen LogP contribution in [0, 0.1) is 13.8 Å². The molecule has 0 radical (unpaired) electrons. The molecule has 2 aromatic rings. The molecule has 0 aliphatic rings. The van der Waals surface area contributed by atoms with Crippen LogP contribution in [0.25, 0.3) is 0 Å². The fourth-order valence-electron chi connectivity index (χ4n) is 2.14. The van der Waals surface area contributed by atoms with Crippen molar-refractivity contribution >= 4 is 29.9 Å². The van der Waals surface area contributed by atoms with Crippen molar-refractivity contribution in [3.8, 4) is 0 Å². The molecule has 0 bridgehead atoms. The number of nitrogens with one attached hydrogen (secondary N) is 2. The molecule has 0 spiro atoms. The maximum Gasteiger partial charge on any atom is 0.191 e. The third kappa shape index (κ3) is 4.75. The van der Waals surface area contributed by atoms with E-state index < -0.39 is 0 Å². The molecule has 0 saturated carbocycles. The number of halogens is 1. The number of aliphatic imine (C=N–C) groups is 1. The second kappa shape index (κ2) is 8.82. The van der Waals surface area contributed by atoms with Gasteiger partial charge in [-0.2, -0.15) is 5.10 Å². The highest BCUT2D eigenvalue weighted by Crippen LogP contribution is 2.11. The van der Waals surface area contributed by atoms with Crippen LogP contribution in [0.3, 0.4) is 0 Å². The Morgan fingerprint density at radius 2 is 2.14 bits per heavy atom. The zero-order valence-electron chi connectivity index (χ0n) is 13.5. The van der Waals surface area contributed by atoms with Gasteiger partial charge in [-0.25, -0.2) is 4.99 Å². The van der Waals surface area contributed by atoms with Gasteiger partial charge in [-0.3, -0.25) is 4.68 Å². The number of aromatic nitrogens is 2. The lowest BCUT2D eigenvalue weighted by atomic mass is 10.2. The van der Waals surface area contributed by atoms with Crippen molar-refractivity contribution in [3.05, 3.63) is 41.1 Å². The van der Waals surface area contributed by atoms with Crippen molar-refractivity contribution in [2.45, 2.75) is 33.9 Å². The highest BCUT2D eigenvalue weighted by Gasteiger charge is 2.09. The third-order valence-corrected chi connectivity index (χ3v) is 3.44. The van der Waals surface area contributed by atoms with E-state index in [1.165, 1.54) is 11.3 Å². The predicted molar refractivity (Wildman–Crippen MR) is 98.5 cm³/mol. The molecule has 0 aliphatic heterocycles. The monoisotopic (exact) mass is 417 g/mol. The minimum Gasteiger partial charge on any atom is -0.472 e. The lowest BCUT2D eigenvalue weighted by Crippen LogP contribution is -2.37. The fraction of sp³-hybridized carbons (Fsp3) is 0.467. The van der Waals surface area contributed by atoms with Crippen LogP contribution in [0.2, 0.25) is 0 Å². The van der Waals surface area contributed by atoms with Crippen molar-refractivity contribution in [2.24, 2.45) is 12.0 Å². The van der Waals surface area contributed by atoms with Crippen LogP contribution in [0.1, 0.15) is 29.4 Å². The van der Waals surface area contributed by atoms with Gasteiger partial charge in [-0.15, -0.1) is 24.0 Å². The van der Waals surface area contributed by atoms with E-state index in [-0.39, 0.29) is 24.0 Å². The van der Waals surface area contributed by atoms with Gasteiger partial charge in [0.1, 0.15) is 0 Å². The minimum atomic E-state index is 0. The summed E-state index contributed by atoms with van der Waals surface area (Å²) in [5, 5.41) is 11.0. The molecule has 0 unspecified atom stereocenters. The summed E-state index contributed by atoms with van der Waals surface area (Å²) in [5.74, 6) is 0.793. The van der Waals surface area contributed by atoms with E-state index in [9.17, 15) is 0 Å². The van der Waals surface area contributed by atoms with E-state index in [1.54, 1.807) is 12.5 Å². The zero-order valence-corrected chi connectivity index (χ0v) is 15.8. The quantitative estimate of drug-likeness (QED) is 0.446. The maximum absolute atomic E-state index is 5.05. The average Bonchev–Trinajstić information content (AvgIpc) is 3.04. The normalized spacial score (nSPS) is 11.2. The zero-order chi connectivity index (χ0) is 15.2. The summed E-state index contributed by atoms with van der Waals surface area (Å²) in [6.45, 7) is 8.28. The molecular formula is C15H24IN5O. The third-order valence-electron chi connectivity index (χ3n) is 3.44. The minimum absolute atomic E-state index is 0. The molecule has 2 aromatic heterocycles. The predicted octanol–water partition coefficient (Wildman–Crippen LogP) is 2.50. The first-order valence-corrected chi connectivity index (χ1v) is 7.14. The van der Waals surface area contributed by atoms with Crippen LogP contribution >= 0.6 is 24.0 Å². The summed E-state index contributed by atoms with van der Waals surface area (Å²) < 4.78 is 6.95. The van der Waals surface area contributed by atoms with E-state index in [0.29, 0.717) is 13.1 Å². The number of furan rings is 1. The van der Waals surface area contributed by atoms with E-state index in [4.69, 9.17) is 4.42 Å². The molecule has 0 amide bonds. The Hall–Kier alpha value is -1.51. The van der Waals surface area contributed by atoms with Gasteiger partial charge in [-0.05, 0) is 26.8 Å². The molecule has 7 heteroatoms. The molecule has 2 rings (SSSR count). The largest absolute Gasteiger partial charge is 0.472 e. The van der Waals surface area contributed by atoms with Gasteiger partial charge in [-0.1, -0.05) is 0 Å². The van der Waals surface area contributed by atoms with Gasteiger partial charge in [0.15, 0.2) is 5.96 Å². The highest BCUT2D eigenvalue weighted by atomic mass is 127. The highest BCUT2D eigenvalue weighted by molar-refractivity contribution is 14.0. The van der Waals surface area contributed by atoms with Gasteiger partial charge >= 0.3 is 0 Å². The second-order valence-corrected chi connectivity index (χ2v) is 4.95. The molecule has 0 aliphatic carbocycles. The van der Waals surface area contributed by atoms with E-state index in [2.05, 4.69) is 34.6 Å². The molecule has 0 fully saturated rings. The van der Waals surface area contributed by atoms with E-state index >= 15 is 0 Å². The molecule has 2 N–H and O–H groups in total. The van der Waals surface area contributed by atoms with Crippen molar-refractivity contribution in [1.29, 1.82) is 0 Å². The molecule has 122 valence electrons. The molecule has 2 heterocycles. The van der Waals surface area contributed by atoms with Crippen molar-refractivity contribution in [3.63, 3.8) is 0 Å². The van der Waals surface area contributed by atoms with Crippen LogP contribution in [-0.2, 0) is 20.1 Å². The molecular weight excluding hydrogens is 393 g/mol. The van der Waals surface area contributed by atoms with Gasteiger partial charge in [0.2, 0.25) is 0 Å². The summed E-state index contributed by atoms with van der Waals surface area (Å²) in [6.07, 6.45) is 3.37. The van der Waals surface area contributed by atoms with Crippen LogP contribution in [0.15, 0.2) is 28.0 Å². The van der Waals surface area contributed by atoms with Crippen LogP contribution < -0.4 is 10.6 Å². The first-order valence-electron chi connectivity index (χ1n) is 7.14. The fourth-order valence-corrected chi connectivity index (χ4v) is 2.14. The van der Waals surface area contributed by atoms with E-state index in [0.717, 1.165) is 23.8 Å². The number of hydrogen-bond acceptors (Lipinski definition) is 3. The average molecular weight is 417 g/mol. The van der Waals surface area contributed by atoms with Crippen LogP contribution in [0.4, 0.5) is 0 Å². The smallest absolute Gasteiger partial charge is 0.191 e. The Bertz CT molecular complexity index is 604. The van der Waals surface area contributed by atoms with Crippen LogP contribution in [0.5, 0.6) is 0 Å². The molecule has 0 saturated heterocycles. The Labute approximate surface area is 148 Å². The molecule has 6 nitrogen and oxygen atoms in total. The molecule has 0 aromatic carbocycles. The standard InChI is InChI=1S/C15H23N5O.HI/c1-5-16-15(17-8-13-6-7-21-10-13)18-9-14-11(2)19-20(4)12(14)3;/h6-7,10H,5,8-9H2,1-4H3,(H2,16,17,18);1H. The number of hydrogen-bond donors (Lipinski definition) is 2. The van der Waals surface area contributed by atoms with E-state index in [1.807, 2.05) is 24.7 Å². The van der Waals surface area contributed by atoms with Crippen LogP contribution in [-0.4, -0.2) is 22.3 Å². The number of rotatable bonds is 5. The van der Waals surface area contributed by atoms with Crippen molar-refractivity contribution in [2.75, 3.05) is 6.54 Å². The second-order valence-electron chi connectivity index (χ2n) is 4.95. The molecule has 22 heavy (non-hydrogen) atoms. The van der Waals surface area contributed by atoms with Crippen molar-refractivity contribution in [1.82, 2.24) is 20.4 Å². The number of guanidine groups is 1. The Balaban J connectivity index is 0.00000242. The van der Waals surface area contributed by atoms with Gasteiger partial charge in [0.25, 0.3) is 0 Å². The summed E-state index contributed by atoms with van der Waals surface area (Å²) in [7, 11) is 1.96. The Kier molecular flexibility index (Phi) is 7.43. The SMILES string of the molecule is CCNC(=NCc1ccoc1)NCc1c(C)nn(C)c1C.I. The summed E-state index contributed by atoms with van der Waals surface area (Å²) >= 11 is 0. The Morgan fingerprint density at radius 3 is 2.68 bits per heavy atom. The number of aryl methyl sites for hydroxylation is 2. The lowest BCUT2D eigenvalue weighted by Gasteiger charge is -2.11.